The summed E-state index contributed by atoms with van der Waals surface area (Å²) in [5.41, 5.74) is 10.4. The van der Waals surface area contributed by atoms with Crippen LogP contribution in [0.15, 0.2) is 29.3 Å². The summed E-state index contributed by atoms with van der Waals surface area (Å²) >= 11 is 2.71. The van der Waals surface area contributed by atoms with E-state index in [1.807, 2.05) is 24.3 Å². The van der Waals surface area contributed by atoms with E-state index >= 15 is 0 Å². The molecule has 0 aliphatic heterocycles. The highest BCUT2D eigenvalue weighted by molar-refractivity contribution is 7.99. The molecule has 2 aromatic heterocycles. The number of rotatable bonds is 9. The predicted molar refractivity (Wildman–Crippen MR) is 168 cm³/mol. The number of aromatic nitrogens is 1. The van der Waals surface area contributed by atoms with E-state index in [0.29, 0.717) is 38.4 Å². The molecule has 0 fully saturated rings. The molecule has 218 valence electrons. The number of hydrogen-bond acceptors (Lipinski definition) is 9. The summed E-state index contributed by atoms with van der Waals surface area (Å²) in [5, 5.41) is 23.8. The first-order valence-corrected chi connectivity index (χ1v) is 16.1. The number of nitriles is 2. The Bertz CT molecular complexity index is 1550. The number of nitrogen functional groups attached to an aromatic ring is 1. The van der Waals surface area contributed by atoms with E-state index < -0.39 is 5.97 Å². The molecule has 0 bridgehead atoms. The van der Waals surface area contributed by atoms with Gasteiger partial charge in [0.1, 0.15) is 33.5 Å². The van der Waals surface area contributed by atoms with Gasteiger partial charge in [-0.1, -0.05) is 51.0 Å². The predicted octanol–water partition coefficient (Wildman–Crippen LogP) is 7.22. The number of fused-ring (bicyclic) bond motifs is 1. The molecule has 1 amide bonds. The Hall–Kier alpha value is -3.86. The highest BCUT2D eigenvalue weighted by atomic mass is 32.2. The van der Waals surface area contributed by atoms with Crippen LogP contribution in [-0.2, 0) is 22.4 Å². The summed E-state index contributed by atoms with van der Waals surface area (Å²) in [7, 11) is 0. The maximum absolute atomic E-state index is 13.1. The Balaban J connectivity index is 1.54. The number of nitrogens with zero attached hydrogens (tertiary/aromatic N) is 3. The van der Waals surface area contributed by atoms with Crippen LogP contribution in [0.5, 0.6) is 0 Å². The molecular formula is C32H35N5O3S2. The normalized spacial score (nSPS) is 12.9. The fourth-order valence-electron chi connectivity index (χ4n) is 5.08. The molecule has 0 saturated carbocycles. The third-order valence-corrected chi connectivity index (χ3v) is 9.44. The monoisotopic (exact) mass is 601 g/mol. The van der Waals surface area contributed by atoms with Crippen LogP contribution in [0.2, 0.25) is 0 Å². The van der Waals surface area contributed by atoms with Crippen molar-refractivity contribution in [3.05, 3.63) is 57.0 Å². The average molecular weight is 602 g/mol. The van der Waals surface area contributed by atoms with E-state index in [2.05, 4.69) is 36.3 Å². The lowest BCUT2D eigenvalue weighted by Crippen LogP contribution is -2.16. The van der Waals surface area contributed by atoms with Crippen LogP contribution in [-0.4, -0.2) is 29.2 Å². The molecule has 0 unspecified atom stereocenters. The Morgan fingerprint density at radius 2 is 1.79 bits per heavy atom. The second kappa shape index (κ2) is 14.4. The maximum atomic E-state index is 13.1. The lowest BCUT2D eigenvalue weighted by molar-refractivity contribution is -0.115. The van der Waals surface area contributed by atoms with Gasteiger partial charge in [0.05, 0.1) is 17.7 Å². The molecule has 3 aromatic rings. The summed E-state index contributed by atoms with van der Waals surface area (Å²) in [4.78, 5) is 31.4. The first-order chi connectivity index (χ1) is 20.3. The number of aryl methyl sites for hydroxylation is 1. The van der Waals surface area contributed by atoms with Crippen LogP contribution in [0.4, 0.5) is 10.8 Å². The van der Waals surface area contributed by atoms with Gasteiger partial charge in [-0.3, -0.25) is 4.79 Å². The fourth-order valence-corrected chi connectivity index (χ4v) is 7.31. The number of amides is 1. The molecule has 0 saturated heterocycles. The van der Waals surface area contributed by atoms with Gasteiger partial charge in [0, 0.05) is 22.6 Å². The number of nitrogens with one attached hydrogen (secondary N) is 1. The van der Waals surface area contributed by atoms with Crippen LogP contribution in [0, 0.1) is 22.7 Å². The minimum absolute atomic E-state index is 0.0430. The van der Waals surface area contributed by atoms with Crippen LogP contribution in [0.25, 0.3) is 11.1 Å². The van der Waals surface area contributed by atoms with Gasteiger partial charge >= 0.3 is 5.97 Å². The van der Waals surface area contributed by atoms with Crippen molar-refractivity contribution in [2.75, 3.05) is 23.4 Å². The summed E-state index contributed by atoms with van der Waals surface area (Å²) in [6, 6.07) is 12.0. The van der Waals surface area contributed by atoms with Crippen molar-refractivity contribution >= 4 is 45.8 Å². The molecule has 3 N–H and O–H groups in total. The number of carbonyl (C=O) groups is 2. The Morgan fingerprint density at radius 1 is 1.10 bits per heavy atom. The minimum atomic E-state index is -0.398. The topological polar surface area (TPSA) is 142 Å². The van der Waals surface area contributed by atoms with Crippen molar-refractivity contribution in [2.24, 2.45) is 0 Å². The molecule has 1 aliphatic carbocycles. The summed E-state index contributed by atoms with van der Waals surface area (Å²) in [6.45, 7) is 6.23. The number of nitrogens with two attached hydrogens (primary N) is 1. The van der Waals surface area contributed by atoms with Gasteiger partial charge in [-0.25, -0.2) is 9.78 Å². The average Bonchev–Trinajstić information content (AvgIpc) is 3.28. The van der Waals surface area contributed by atoms with E-state index in [-0.39, 0.29) is 35.9 Å². The van der Waals surface area contributed by atoms with E-state index in [1.165, 1.54) is 23.1 Å². The minimum Gasteiger partial charge on any atom is -0.462 e. The number of ether oxygens (including phenoxy) is 1. The van der Waals surface area contributed by atoms with Gasteiger partial charge in [-0.2, -0.15) is 10.5 Å². The lowest BCUT2D eigenvalue weighted by Gasteiger charge is -2.14. The Kier molecular flexibility index (Phi) is 10.6. The first-order valence-electron chi connectivity index (χ1n) is 14.3. The quantitative estimate of drug-likeness (QED) is 0.193. The SMILES string of the molecule is CCOC(=O)c1c(NC(=O)CCSc2nc(N)c(C#N)c(-c3ccc(C(C)C)cc3)c2C#N)sc2c1CCCCCC2. The summed E-state index contributed by atoms with van der Waals surface area (Å²) in [6.07, 6.45) is 6.17. The van der Waals surface area contributed by atoms with E-state index in [1.54, 1.807) is 6.92 Å². The van der Waals surface area contributed by atoms with E-state index in [9.17, 15) is 20.1 Å². The molecule has 0 radical (unpaired) electrons. The van der Waals surface area contributed by atoms with Gasteiger partial charge < -0.3 is 15.8 Å². The van der Waals surface area contributed by atoms with Crippen LogP contribution >= 0.6 is 23.1 Å². The number of pyridine rings is 1. The zero-order valence-electron chi connectivity index (χ0n) is 24.2. The van der Waals surface area contributed by atoms with Crippen molar-refractivity contribution < 1.29 is 14.3 Å². The zero-order valence-corrected chi connectivity index (χ0v) is 25.8. The highest BCUT2D eigenvalue weighted by Crippen LogP contribution is 2.39. The van der Waals surface area contributed by atoms with Gasteiger partial charge in [0.15, 0.2) is 0 Å². The summed E-state index contributed by atoms with van der Waals surface area (Å²) in [5.74, 6) is 0.0647. The van der Waals surface area contributed by atoms with Gasteiger partial charge in [0.2, 0.25) is 5.91 Å². The molecule has 8 nitrogen and oxygen atoms in total. The lowest BCUT2D eigenvalue weighted by atomic mass is 9.94. The first kappa shape index (κ1) is 31.1. The van der Waals surface area contributed by atoms with Crippen LogP contribution in [0.3, 0.4) is 0 Å². The van der Waals surface area contributed by atoms with Crippen LogP contribution < -0.4 is 11.1 Å². The van der Waals surface area contributed by atoms with E-state index in [4.69, 9.17) is 10.5 Å². The molecular weight excluding hydrogens is 567 g/mol. The number of carbonyl (C=O) groups excluding carboxylic acids is 2. The largest absolute Gasteiger partial charge is 0.462 e. The maximum Gasteiger partial charge on any atom is 0.341 e. The molecule has 4 rings (SSSR count). The third kappa shape index (κ3) is 6.95. The smallest absolute Gasteiger partial charge is 0.341 e. The standard InChI is InChI=1S/C32H35N5O3S2/c1-4-40-32(39)28-22-9-7-5-6-8-10-25(22)42-31(28)36-26(38)15-16-41-30-24(18-34)27(23(17-33)29(35)37-30)21-13-11-20(12-14-21)19(2)3/h11-14,19H,4-10,15-16H2,1-3H3,(H2,35,37)(H,36,38). The highest BCUT2D eigenvalue weighted by Gasteiger charge is 2.26. The molecule has 2 heterocycles. The number of hydrogen-bond donors (Lipinski definition) is 2. The van der Waals surface area contributed by atoms with Crippen molar-refractivity contribution in [3.8, 4) is 23.3 Å². The number of benzene rings is 1. The number of anilines is 2. The molecule has 1 aromatic carbocycles. The second-order valence-corrected chi connectivity index (χ2v) is 12.6. The number of esters is 1. The summed E-state index contributed by atoms with van der Waals surface area (Å²) < 4.78 is 5.35. The zero-order chi connectivity index (χ0) is 30.2. The van der Waals surface area contributed by atoms with Gasteiger partial charge in [-0.05, 0) is 55.2 Å². The van der Waals surface area contributed by atoms with Crippen molar-refractivity contribution in [1.29, 1.82) is 10.5 Å². The molecule has 0 atom stereocenters. The molecule has 1 aliphatic rings. The fraction of sp³-hybridized carbons (Fsp3) is 0.406. The van der Waals surface area contributed by atoms with Crippen molar-refractivity contribution in [3.63, 3.8) is 0 Å². The van der Waals surface area contributed by atoms with Gasteiger partial charge in [0.25, 0.3) is 0 Å². The van der Waals surface area contributed by atoms with Crippen molar-refractivity contribution in [1.82, 2.24) is 4.98 Å². The van der Waals surface area contributed by atoms with Crippen LogP contribution in [0.1, 0.15) is 96.3 Å². The van der Waals surface area contributed by atoms with Crippen molar-refractivity contribution in [2.45, 2.75) is 76.7 Å². The third-order valence-electron chi connectivity index (χ3n) is 7.25. The second-order valence-electron chi connectivity index (χ2n) is 10.4. The van der Waals surface area contributed by atoms with Gasteiger partial charge in [-0.15, -0.1) is 23.1 Å². The Labute approximate surface area is 255 Å². The Morgan fingerprint density at radius 3 is 2.43 bits per heavy atom. The van der Waals surface area contributed by atoms with E-state index in [0.717, 1.165) is 54.5 Å². The molecule has 0 spiro atoms. The number of thiophene rings is 1. The molecule has 10 heteroatoms. The number of thioether (sulfide) groups is 1. The molecule has 42 heavy (non-hydrogen) atoms.